The van der Waals surface area contributed by atoms with Crippen LogP contribution >= 0.6 is 0 Å². The monoisotopic (exact) mass is 664 g/mol. The molecule has 256 valence electrons. The van der Waals surface area contributed by atoms with Gasteiger partial charge in [-0.3, -0.25) is 29.8 Å². The summed E-state index contributed by atoms with van der Waals surface area (Å²) in [4.78, 5) is 49.6. The SMILES string of the molecule is CCN(CC(=O)N1CC=C(c2ccc(C(N)=NC=NC)cc2)CC1)C[C@]1(C)CCN(c2ccc(N)c(C(=N)c3ccc(OC)nc3)n2)C1=O. The maximum Gasteiger partial charge on any atom is 0.237 e. The number of carbonyl (C=O) groups excluding carboxylic acids is 2. The summed E-state index contributed by atoms with van der Waals surface area (Å²) in [6.07, 6.45) is 6.41. The van der Waals surface area contributed by atoms with Gasteiger partial charge in [-0.05, 0) is 55.6 Å². The number of nitrogens with zero attached hydrogens (tertiary/aromatic N) is 7. The number of aromatic nitrogens is 2. The van der Waals surface area contributed by atoms with Crippen molar-refractivity contribution >= 4 is 46.8 Å². The molecule has 1 saturated heterocycles. The van der Waals surface area contributed by atoms with Crippen molar-refractivity contribution in [1.29, 1.82) is 5.41 Å². The van der Waals surface area contributed by atoms with Crippen molar-refractivity contribution < 1.29 is 14.3 Å². The fourth-order valence-corrected chi connectivity index (χ4v) is 6.13. The summed E-state index contributed by atoms with van der Waals surface area (Å²) in [6.45, 7) is 6.88. The number of benzene rings is 1. The molecule has 0 saturated carbocycles. The normalized spacial score (nSPS) is 18.3. The quantitative estimate of drug-likeness (QED) is 0.195. The first-order chi connectivity index (χ1) is 23.6. The average Bonchev–Trinajstić information content (AvgIpc) is 3.43. The van der Waals surface area contributed by atoms with Gasteiger partial charge in [0.2, 0.25) is 17.7 Å². The van der Waals surface area contributed by atoms with Gasteiger partial charge in [0.25, 0.3) is 0 Å². The number of hydrogen-bond donors (Lipinski definition) is 3. The van der Waals surface area contributed by atoms with E-state index in [1.54, 1.807) is 36.2 Å². The molecule has 3 aromatic rings. The zero-order valence-electron chi connectivity index (χ0n) is 28.5. The number of aliphatic imine (C=N–C) groups is 2. The second kappa shape index (κ2) is 15.2. The lowest BCUT2D eigenvalue weighted by atomic mass is 9.88. The van der Waals surface area contributed by atoms with Crippen LogP contribution in [0.15, 0.2) is 70.8 Å². The summed E-state index contributed by atoms with van der Waals surface area (Å²) in [7, 11) is 3.17. The summed E-state index contributed by atoms with van der Waals surface area (Å²) >= 11 is 0. The van der Waals surface area contributed by atoms with Gasteiger partial charge in [0.15, 0.2) is 0 Å². The molecule has 5 rings (SSSR count). The molecule has 0 unspecified atom stereocenters. The van der Waals surface area contributed by atoms with Gasteiger partial charge in [-0.1, -0.05) is 37.3 Å². The van der Waals surface area contributed by atoms with Gasteiger partial charge in [-0.2, -0.15) is 0 Å². The average molecular weight is 665 g/mol. The van der Waals surface area contributed by atoms with Crippen LogP contribution in [-0.4, -0.2) is 103 Å². The molecule has 13 heteroatoms. The zero-order chi connectivity index (χ0) is 35.1. The van der Waals surface area contributed by atoms with E-state index in [1.165, 1.54) is 25.2 Å². The minimum atomic E-state index is -0.703. The second-order valence-electron chi connectivity index (χ2n) is 12.4. The van der Waals surface area contributed by atoms with E-state index in [-0.39, 0.29) is 29.8 Å². The van der Waals surface area contributed by atoms with Crippen LogP contribution in [0.2, 0.25) is 0 Å². The van der Waals surface area contributed by atoms with Crippen LogP contribution in [0.4, 0.5) is 11.5 Å². The van der Waals surface area contributed by atoms with E-state index in [1.807, 2.05) is 47.9 Å². The molecule has 2 aromatic heterocycles. The molecule has 4 heterocycles. The molecule has 13 nitrogen and oxygen atoms in total. The molecule has 2 aliphatic heterocycles. The van der Waals surface area contributed by atoms with E-state index in [2.05, 4.69) is 26.0 Å². The number of carbonyl (C=O) groups is 2. The van der Waals surface area contributed by atoms with Crippen molar-refractivity contribution in [3.63, 3.8) is 0 Å². The Morgan fingerprint density at radius 3 is 2.53 bits per heavy atom. The first-order valence-electron chi connectivity index (χ1n) is 16.3. The van der Waals surface area contributed by atoms with Gasteiger partial charge in [0, 0.05) is 56.6 Å². The van der Waals surface area contributed by atoms with E-state index in [0.717, 1.165) is 17.5 Å². The fourth-order valence-electron chi connectivity index (χ4n) is 6.13. The highest BCUT2D eigenvalue weighted by Gasteiger charge is 2.45. The number of methoxy groups -OCH3 is 1. The number of ether oxygens (including phenoxy) is 1. The van der Waals surface area contributed by atoms with Crippen molar-refractivity contribution in [3.05, 3.63) is 83.2 Å². The van der Waals surface area contributed by atoms with Crippen molar-refractivity contribution in [1.82, 2.24) is 19.8 Å². The minimum Gasteiger partial charge on any atom is -0.481 e. The highest BCUT2D eigenvalue weighted by Crippen LogP contribution is 2.36. The molecule has 5 N–H and O–H groups in total. The molecule has 2 amide bonds. The minimum absolute atomic E-state index is 0.0383. The number of nitrogens with one attached hydrogen (secondary N) is 1. The van der Waals surface area contributed by atoms with Gasteiger partial charge in [-0.15, -0.1) is 0 Å². The lowest BCUT2D eigenvalue weighted by Crippen LogP contribution is -2.47. The Morgan fingerprint density at radius 2 is 1.90 bits per heavy atom. The fraction of sp³-hybridized carbons (Fsp3) is 0.361. The van der Waals surface area contributed by atoms with Crippen molar-refractivity contribution in [2.24, 2.45) is 21.1 Å². The van der Waals surface area contributed by atoms with Gasteiger partial charge in [0.1, 0.15) is 23.7 Å². The third-order valence-corrected chi connectivity index (χ3v) is 9.11. The Kier molecular flexibility index (Phi) is 10.8. The summed E-state index contributed by atoms with van der Waals surface area (Å²) < 4.78 is 5.12. The van der Waals surface area contributed by atoms with E-state index >= 15 is 0 Å². The number of anilines is 2. The smallest absolute Gasteiger partial charge is 0.237 e. The molecule has 2 aliphatic rings. The molecule has 0 radical (unpaired) electrons. The van der Waals surface area contributed by atoms with Crippen LogP contribution in [-0.2, 0) is 9.59 Å². The largest absolute Gasteiger partial charge is 0.481 e. The van der Waals surface area contributed by atoms with E-state index in [9.17, 15) is 9.59 Å². The molecule has 0 spiro atoms. The molecule has 49 heavy (non-hydrogen) atoms. The van der Waals surface area contributed by atoms with Gasteiger partial charge in [-0.25, -0.2) is 15.0 Å². The number of nitrogen functional groups attached to an aromatic ring is 1. The van der Waals surface area contributed by atoms with E-state index in [0.29, 0.717) is 67.9 Å². The van der Waals surface area contributed by atoms with Crippen molar-refractivity contribution in [2.45, 2.75) is 26.7 Å². The molecule has 1 fully saturated rings. The number of pyridine rings is 2. The maximum absolute atomic E-state index is 13.9. The Hall–Kier alpha value is -5.43. The standard InChI is InChI=1S/C36H44N10O3/c1-5-44(21-31(47)45-17-14-25(15-18-45)24-6-8-26(9-7-24)34(39)42-23-40-3)22-36(2)16-19-46(35(36)48)29-12-11-28(37)33(43-29)32(38)27-10-13-30(49-4)41-20-27/h6-14,20,23,38H,5,15-19,21-22,37H2,1-4H3,(H2,39,40,42)/t36-/m0/s1. The number of likely N-dealkylation sites (N-methyl/N-ethyl adjacent to an activating group) is 1. The molecule has 0 bridgehead atoms. The third-order valence-electron chi connectivity index (χ3n) is 9.11. The maximum atomic E-state index is 13.9. The van der Waals surface area contributed by atoms with Crippen molar-refractivity contribution in [2.75, 3.05) is 64.1 Å². The van der Waals surface area contributed by atoms with Gasteiger partial charge >= 0.3 is 0 Å². The number of nitrogens with two attached hydrogens (primary N) is 2. The molecule has 1 aromatic carbocycles. The van der Waals surface area contributed by atoms with Crippen LogP contribution in [0.5, 0.6) is 5.88 Å². The first-order valence-corrected chi connectivity index (χ1v) is 16.3. The Balaban J connectivity index is 1.20. The molecule has 1 atom stereocenters. The zero-order valence-corrected chi connectivity index (χ0v) is 28.5. The van der Waals surface area contributed by atoms with Crippen LogP contribution in [0.1, 0.15) is 49.1 Å². The number of hydrogen-bond acceptors (Lipinski definition) is 9. The lowest BCUT2D eigenvalue weighted by molar-refractivity contribution is -0.133. The first kappa shape index (κ1) is 34.9. The Bertz CT molecular complexity index is 1790. The van der Waals surface area contributed by atoms with E-state index < -0.39 is 5.41 Å². The predicted molar refractivity (Wildman–Crippen MR) is 193 cm³/mol. The van der Waals surface area contributed by atoms with Gasteiger partial charge in [0.05, 0.1) is 30.5 Å². The van der Waals surface area contributed by atoms with Crippen LogP contribution in [0, 0.1) is 10.8 Å². The van der Waals surface area contributed by atoms with Crippen LogP contribution < -0.4 is 21.1 Å². The predicted octanol–water partition coefficient (Wildman–Crippen LogP) is 3.23. The molecular formula is C36H44N10O3. The Labute approximate surface area is 286 Å². The molecular weight excluding hydrogens is 620 g/mol. The lowest BCUT2D eigenvalue weighted by Gasteiger charge is -2.33. The van der Waals surface area contributed by atoms with Gasteiger partial charge < -0.3 is 21.1 Å². The summed E-state index contributed by atoms with van der Waals surface area (Å²) in [5, 5.41) is 8.71. The van der Waals surface area contributed by atoms with Crippen LogP contribution in [0.3, 0.4) is 0 Å². The topological polar surface area (TPSA) is 179 Å². The summed E-state index contributed by atoms with van der Waals surface area (Å²) in [5.74, 6) is 1.26. The Morgan fingerprint density at radius 1 is 1.14 bits per heavy atom. The van der Waals surface area contributed by atoms with Crippen LogP contribution in [0.25, 0.3) is 5.57 Å². The van der Waals surface area contributed by atoms with E-state index in [4.69, 9.17) is 21.6 Å². The number of amides is 2. The number of amidine groups is 1. The highest BCUT2D eigenvalue weighted by molar-refractivity contribution is 6.13. The molecule has 0 aliphatic carbocycles. The highest BCUT2D eigenvalue weighted by atomic mass is 16.5. The summed E-state index contributed by atoms with van der Waals surface area (Å²) in [5.41, 5.74) is 15.9. The second-order valence-corrected chi connectivity index (χ2v) is 12.4. The van der Waals surface area contributed by atoms with Crippen molar-refractivity contribution in [3.8, 4) is 5.88 Å². The third kappa shape index (κ3) is 7.83. The summed E-state index contributed by atoms with van der Waals surface area (Å²) in [6, 6.07) is 14.7. The number of rotatable bonds is 12.